The van der Waals surface area contributed by atoms with E-state index in [4.69, 9.17) is 5.84 Å². The van der Waals surface area contributed by atoms with Gasteiger partial charge in [0.2, 0.25) is 0 Å². The molecule has 1 aliphatic rings. The number of rotatable bonds is 5. The Labute approximate surface area is 82.5 Å². The van der Waals surface area contributed by atoms with Gasteiger partial charge >= 0.3 is 0 Å². The molecule has 2 nitrogen and oxygen atoms in total. The summed E-state index contributed by atoms with van der Waals surface area (Å²) in [7, 11) is 0. The van der Waals surface area contributed by atoms with Gasteiger partial charge in [-0.15, -0.1) is 0 Å². The topological polar surface area (TPSA) is 29.3 Å². The second-order valence-electron chi connectivity index (χ2n) is 4.42. The predicted molar refractivity (Wildman–Crippen MR) is 57.2 cm³/mol. The predicted octanol–water partition coefficient (Wildman–Crippen LogP) is 2.54. The van der Waals surface area contributed by atoms with Crippen molar-refractivity contribution >= 4 is 0 Å². The maximum atomic E-state index is 5.92. The van der Waals surface area contributed by atoms with Crippen LogP contribution in [0.25, 0.3) is 0 Å². The molecule has 0 aromatic carbocycles. The Hall–Kier alpha value is -0.0800. The summed E-state index contributed by atoms with van der Waals surface area (Å²) < 4.78 is 0. The first-order valence-electron chi connectivity index (χ1n) is 5.77. The molecule has 2 unspecified atom stereocenters. The van der Waals surface area contributed by atoms with E-state index in [0.717, 1.165) is 12.5 Å². The minimum atomic E-state index is 0.664. The van der Waals surface area contributed by atoms with E-state index < -0.39 is 0 Å². The fourth-order valence-corrected chi connectivity index (χ4v) is 2.27. The summed E-state index contributed by atoms with van der Waals surface area (Å²) in [4.78, 5) is 0. The molecule has 1 heterocycles. The molecule has 0 radical (unpaired) electrons. The Morgan fingerprint density at radius 1 is 1.31 bits per heavy atom. The number of nitrogens with zero attached hydrogens (tertiary/aromatic N) is 1. The summed E-state index contributed by atoms with van der Waals surface area (Å²) in [5.74, 6) is 6.73. The molecule has 2 heteroatoms. The molecule has 0 bridgehead atoms. The van der Waals surface area contributed by atoms with Gasteiger partial charge in [-0.3, -0.25) is 5.84 Å². The minimum Gasteiger partial charge on any atom is -0.269 e. The highest BCUT2D eigenvalue weighted by molar-refractivity contribution is 4.80. The monoisotopic (exact) mass is 184 g/mol. The second kappa shape index (κ2) is 5.61. The van der Waals surface area contributed by atoms with Crippen molar-refractivity contribution in [1.29, 1.82) is 0 Å². The summed E-state index contributed by atoms with van der Waals surface area (Å²) in [5.41, 5.74) is 0. The lowest BCUT2D eigenvalue weighted by molar-refractivity contribution is 0.220. The lowest BCUT2D eigenvalue weighted by Gasteiger charge is -2.22. The average Bonchev–Trinajstić information content (AvgIpc) is 2.42. The molecule has 2 atom stereocenters. The molecule has 78 valence electrons. The van der Waals surface area contributed by atoms with Crippen molar-refractivity contribution in [3.8, 4) is 0 Å². The van der Waals surface area contributed by atoms with Crippen molar-refractivity contribution in [2.45, 2.75) is 58.4 Å². The third-order valence-corrected chi connectivity index (χ3v) is 3.28. The third kappa shape index (κ3) is 3.28. The smallest absolute Gasteiger partial charge is 0.0267 e. The molecule has 1 rings (SSSR count). The molecule has 0 spiro atoms. The Morgan fingerprint density at radius 2 is 2.08 bits per heavy atom. The summed E-state index contributed by atoms with van der Waals surface area (Å²) in [6.07, 6.45) is 8.04. The van der Waals surface area contributed by atoms with E-state index in [1.165, 1.54) is 38.5 Å². The van der Waals surface area contributed by atoms with Gasteiger partial charge in [-0.1, -0.05) is 39.5 Å². The van der Waals surface area contributed by atoms with E-state index in [-0.39, 0.29) is 0 Å². The molecule has 2 N–H and O–H groups in total. The number of unbranched alkanes of at least 4 members (excludes halogenated alkanes) is 3. The molecule has 1 aliphatic heterocycles. The van der Waals surface area contributed by atoms with Gasteiger partial charge in [0.15, 0.2) is 0 Å². The molecule has 1 fully saturated rings. The zero-order valence-corrected chi connectivity index (χ0v) is 9.13. The van der Waals surface area contributed by atoms with E-state index in [1.807, 2.05) is 0 Å². The number of nitrogens with two attached hydrogens (primary N) is 1. The summed E-state index contributed by atoms with van der Waals surface area (Å²) in [5, 5.41) is 2.05. The highest BCUT2D eigenvalue weighted by atomic mass is 15.4. The highest BCUT2D eigenvalue weighted by Crippen LogP contribution is 2.25. The minimum absolute atomic E-state index is 0.664. The molecule has 1 saturated heterocycles. The van der Waals surface area contributed by atoms with Crippen LogP contribution in [0.4, 0.5) is 0 Å². The van der Waals surface area contributed by atoms with Gasteiger partial charge in [-0.05, 0) is 18.8 Å². The molecule has 0 amide bonds. The van der Waals surface area contributed by atoms with Crippen LogP contribution in [0.1, 0.15) is 52.4 Å². The Bertz CT molecular complexity index is 126. The Morgan fingerprint density at radius 3 is 2.62 bits per heavy atom. The molecule has 0 saturated carbocycles. The van der Waals surface area contributed by atoms with Gasteiger partial charge < -0.3 is 0 Å². The Balaban J connectivity index is 2.12. The number of hydrogen-bond donors (Lipinski definition) is 1. The standard InChI is InChI=1S/C11H24N2/c1-3-4-5-6-7-11-10(2)8-9-13(11)12/h10-11H,3-9,12H2,1-2H3. The van der Waals surface area contributed by atoms with Crippen molar-refractivity contribution in [3.05, 3.63) is 0 Å². The molecule has 0 aromatic rings. The lowest BCUT2D eigenvalue weighted by atomic mass is 9.97. The molecule has 0 aliphatic carbocycles. The summed E-state index contributed by atoms with van der Waals surface area (Å²) in [6.45, 7) is 5.68. The molecule has 13 heavy (non-hydrogen) atoms. The van der Waals surface area contributed by atoms with E-state index in [1.54, 1.807) is 0 Å². The zero-order chi connectivity index (χ0) is 9.68. The first-order chi connectivity index (χ1) is 6.25. The quantitative estimate of drug-likeness (QED) is 0.525. The van der Waals surface area contributed by atoms with Crippen molar-refractivity contribution in [2.24, 2.45) is 11.8 Å². The Kier molecular flexibility index (Phi) is 4.74. The van der Waals surface area contributed by atoms with Gasteiger partial charge in [-0.25, -0.2) is 5.01 Å². The first-order valence-corrected chi connectivity index (χ1v) is 5.77. The number of hydrazine groups is 1. The maximum absolute atomic E-state index is 5.92. The summed E-state index contributed by atoms with van der Waals surface area (Å²) in [6, 6.07) is 0.664. The van der Waals surface area contributed by atoms with Crippen LogP contribution in [0.5, 0.6) is 0 Å². The SMILES string of the molecule is CCCCCCC1C(C)CCN1N. The highest BCUT2D eigenvalue weighted by Gasteiger charge is 2.27. The van der Waals surface area contributed by atoms with Crippen LogP contribution in [0, 0.1) is 5.92 Å². The van der Waals surface area contributed by atoms with Crippen LogP contribution in [-0.4, -0.2) is 17.6 Å². The second-order valence-corrected chi connectivity index (χ2v) is 4.42. The normalized spacial score (nSPS) is 29.8. The van der Waals surface area contributed by atoms with E-state index in [0.29, 0.717) is 6.04 Å². The van der Waals surface area contributed by atoms with Crippen molar-refractivity contribution in [3.63, 3.8) is 0 Å². The first kappa shape index (κ1) is 11.0. The largest absolute Gasteiger partial charge is 0.269 e. The van der Waals surface area contributed by atoms with Crippen molar-refractivity contribution in [2.75, 3.05) is 6.54 Å². The van der Waals surface area contributed by atoms with Crippen molar-refractivity contribution < 1.29 is 0 Å². The van der Waals surface area contributed by atoms with E-state index in [9.17, 15) is 0 Å². The van der Waals surface area contributed by atoms with Gasteiger partial charge in [-0.2, -0.15) is 0 Å². The van der Waals surface area contributed by atoms with E-state index in [2.05, 4.69) is 18.9 Å². The lowest BCUT2D eigenvalue weighted by Crippen LogP contribution is -2.37. The zero-order valence-electron chi connectivity index (χ0n) is 9.13. The maximum Gasteiger partial charge on any atom is 0.0267 e. The fourth-order valence-electron chi connectivity index (χ4n) is 2.27. The average molecular weight is 184 g/mol. The van der Waals surface area contributed by atoms with Crippen LogP contribution in [0.2, 0.25) is 0 Å². The van der Waals surface area contributed by atoms with Gasteiger partial charge in [0, 0.05) is 12.6 Å². The van der Waals surface area contributed by atoms with Crippen LogP contribution in [0.15, 0.2) is 0 Å². The van der Waals surface area contributed by atoms with Crippen LogP contribution < -0.4 is 5.84 Å². The molecular formula is C11H24N2. The van der Waals surface area contributed by atoms with Gasteiger partial charge in [0.25, 0.3) is 0 Å². The van der Waals surface area contributed by atoms with Crippen LogP contribution in [0.3, 0.4) is 0 Å². The van der Waals surface area contributed by atoms with Crippen molar-refractivity contribution in [1.82, 2.24) is 5.01 Å². The third-order valence-electron chi connectivity index (χ3n) is 3.28. The van der Waals surface area contributed by atoms with Gasteiger partial charge in [0.1, 0.15) is 0 Å². The molecule has 0 aromatic heterocycles. The number of hydrogen-bond acceptors (Lipinski definition) is 2. The summed E-state index contributed by atoms with van der Waals surface area (Å²) >= 11 is 0. The van der Waals surface area contributed by atoms with Crippen LogP contribution >= 0.6 is 0 Å². The van der Waals surface area contributed by atoms with Crippen LogP contribution in [-0.2, 0) is 0 Å². The molecular weight excluding hydrogens is 160 g/mol. The van der Waals surface area contributed by atoms with E-state index >= 15 is 0 Å². The van der Waals surface area contributed by atoms with Gasteiger partial charge in [0.05, 0.1) is 0 Å². The fraction of sp³-hybridized carbons (Fsp3) is 1.00.